The predicted molar refractivity (Wildman–Crippen MR) is 82.1 cm³/mol. The number of hydrogen-bond acceptors (Lipinski definition) is 5. The number of halogens is 2. The third-order valence-electron chi connectivity index (χ3n) is 2.15. The average molecular weight is 347 g/mol. The van der Waals surface area contributed by atoms with E-state index in [1.807, 2.05) is 42.5 Å². The molecule has 0 fully saturated rings. The number of nitrogens with zero attached hydrogens (tertiary/aromatic N) is 1. The van der Waals surface area contributed by atoms with Crippen molar-refractivity contribution in [1.29, 1.82) is 0 Å². The van der Waals surface area contributed by atoms with Crippen LogP contribution < -0.4 is 4.18 Å². The van der Waals surface area contributed by atoms with Gasteiger partial charge < -0.3 is 4.18 Å². The Balaban J connectivity index is 0.000000422. The van der Waals surface area contributed by atoms with Gasteiger partial charge in [0.1, 0.15) is 5.75 Å². The minimum absolute atomic E-state index is 0.171. The molecule has 2 aromatic carbocycles. The summed E-state index contributed by atoms with van der Waals surface area (Å²) in [6.45, 7) is 0. The van der Waals surface area contributed by atoms with Crippen LogP contribution in [0.3, 0.4) is 0 Å². The summed E-state index contributed by atoms with van der Waals surface area (Å²) in [5.41, 5.74) is 1.58. The van der Waals surface area contributed by atoms with E-state index in [0.717, 1.165) is 11.3 Å². The van der Waals surface area contributed by atoms with E-state index in [9.17, 15) is 7.77 Å². The van der Waals surface area contributed by atoms with Gasteiger partial charge in [-0.1, -0.05) is 34.2 Å². The monoisotopic (exact) mass is 347 g/mol. The third kappa shape index (κ3) is 8.35. The predicted octanol–water partition coefficient (Wildman–Crippen LogP) is 4.11. The van der Waals surface area contributed by atoms with Gasteiger partial charge in [0, 0.05) is 11.8 Å². The Morgan fingerprint density at radius 2 is 1.64 bits per heavy atom. The number of hydrogen-bond donors (Lipinski definition) is 1. The second kappa shape index (κ2) is 9.13. The molecule has 9 heteroatoms. The Bertz CT molecular complexity index is 701. The summed E-state index contributed by atoms with van der Waals surface area (Å²) in [4.78, 5) is 4.28. The fourth-order valence-electron chi connectivity index (χ4n) is 1.36. The van der Waals surface area contributed by atoms with Crippen LogP contribution in [-0.2, 0) is 10.5 Å². The van der Waals surface area contributed by atoms with Crippen molar-refractivity contribution >= 4 is 34.8 Å². The van der Waals surface area contributed by atoms with Gasteiger partial charge in [-0.15, -0.1) is 3.89 Å². The lowest BCUT2D eigenvalue weighted by Gasteiger charge is -2.01. The molecule has 118 valence electrons. The average Bonchev–Trinajstić information content (AvgIpc) is 2.46. The summed E-state index contributed by atoms with van der Waals surface area (Å²) in [5, 5.41) is 0. The zero-order valence-electron chi connectivity index (χ0n) is 11.0. The number of benzene rings is 2. The first-order valence-corrected chi connectivity index (χ1v) is 7.69. The maximum Gasteiger partial charge on any atom is 0.435 e. The molecule has 0 aliphatic rings. The molecule has 22 heavy (non-hydrogen) atoms. The molecule has 0 saturated carbocycles. The highest BCUT2D eigenvalue weighted by molar-refractivity contribution is 7.89. The van der Waals surface area contributed by atoms with Crippen molar-refractivity contribution in [2.75, 3.05) is 0 Å². The molecule has 2 rings (SSSR count). The highest BCUT2D eigenvalue weighted by Gasteiger charge is 2.00. The zero-order chi connectivity index (χ0) is 16.4. The van der Waals surface area contributed by atoms with Gasteiger partial charge in [0.2, 0.25) is 0 Å². The first kappa shape index (κ1) is 18.1. The Morgan fingerprint density at radius 1 is 1.09 bits per heavy atom. The van der Waals surface area contributed by atoms with Crippen molar-refractivity contribution in [3.63, 3.8) is 0 Å². The molecular formula is C13H11F2NO4S2. The molecule has 1 N–H and O–H groups in total. The van der Waals surface area contributed by atoms with E-state index in [1.54, 1.807) is 18.3 Å². The van der Waals surface area contributed by atoms with Gasteiger partial charge in [-0.05, 0) is 24.3 Å². The summed E-state index contributed by atoms with van der Waals surface area (Å²) in [6.07, 6.45) is 1.65. The van der Waals surface area contributed by atoms with Crippen LogP contribution in [0.2, 0.25) is 0 Å². The van der Waals surface area contributed by atoms with E-state index < -0.39 is 10.5 Å². The van der Waals surface area contributed by atoms with Crippen LogP contribution in [-0.4, -0.2) is 19.2 Å². The van der Waals surface area contributed by atoms with Crippen molar-refractivity contribution in [2.24, 2.45) is 4.99 Å². The third-order valence-corrected chi connectivity index (χ3v) is 2.39. The second-order valence-electron chi connectivity index (χ2n) is 3.69. The quantitative estimate of drug-likeness (QED) is 0.390. The second-order valence-corrected chi connectivity index (χ2v) is 4.81. The van der Waals surface area contributed by atoms with Crippen molar-refractivity contribution in [3.8, 4) is 5.75 Å². The summed E-state index contributed by atoms with van der Waals surface area (Å²) >= 11 is -0.171. The molecule has 0 bridgehead atoms. The molecule has 0 atom stereocenters. The van der Waals surface area contributed by atoms with E-state index in [0.29, 0.717) is 5.75 Å². The molecule has 5 nitrogen and oxygen atoms in total. The van der Waals surface area contributed by atoms with E-state index in [2.05, 4.69) is 4.99 Å². The Hall–Kier alpha value is -1.97. The molecule has 0 saturated heterocycles. The van der Waals surface area contributed by atoms with E-state index in [-0.39, 0.29) is 12.4 Å². The number of aliphatic imine (C=N–C) groups is 1. The Labute approximate surface area is 131 Å². The Morgan fingerprint density at radius 3 is 2.23 bits per heavy atom. The summed E-state index contributed by atoms with van der Waals surface area (Å²) in [7, 11) is -5.17. The standard InChI is InChI=1S/C13H10FNOS.FHO3S/c14-17-16-13-9-5-4-6-11(13)10-15-12-7-2-1-3-8-12;1-5(2,3)4/h1-10H;(H,2,3,4). The molecule has 0 aliphatic carbocycles. The van der Waals surface area contributed by atoms with Gasteiger partial charge in [0.05, 0.1) is 5.69 Å². The van der Waals surface area contributed by atoms with E-state index in [1.165, 1.54) is 0 Å². The minimum Gasteiger partial charge on any atom is -0.396 e. The van der Waals surface area contributed by atoms with Crippen LogP contribution in [0, 0.1) is 0 Å². The summed E-state index contributed by atoms with van der Waals surface area (Å²) in [5.74, 6) is 0.458. The number of para-hydroxylation sites is 2. The summed E-state index contributed by atoms with van der Waals surface area (Å²) in [6, 6.07) is 16.7. The lowest BCUT2D eigenvalue weighted by molar-refractivity contribution is 0.435. The number of rotatable bonds is 4. The molecular weight excluding hydrogens is 336 g/mol. The fraction of sp³-hybridized carbons (Fsp3) is 0. The maximum absolute atomic E-state index is 12.1. The molecule has 0 radical (unpaired) electrons. The van der Waals surface area contributed by atoms with Crippen LogP contribution >= 0.6 is 12.4 Å². The van der Waals surface area contributed by atoms with Crippen molar-refractivity contribution in [3.05, 3.63) is 60.2 Å². The normalized spacial score (nSPS) is 10.9. The van der Waals surface area contributed by atoms with E-state index in [4.69, 9.17) is 17.2 Å². The van der Waals surface area contributed by atoms with Gasteiger partial charge in [0.25, 0.3) is 12.4 Å². The molecule has 0 spiro atoms. The molecule has 0 unspecified atom stereocenters. The molecule has 0 heterocycles. The fourth-order valence-corrected chi connectivity index (χ4v) is 1.57. The van der Waals surface area contributed by atoms with Gasteiger partial charge >= 0.3 is 10.5 Å². The smallest absolute Gasteiger partial charge is 0.396 e. The zero-order valence-corrected chi connectivity index (χ0v) is 12.6. The largest absolute Gasteiger partial charge is 0.435 e. The SMILES string of the molecule is FSOc1ccccc1C=Nc1ccccc1.O=S(=O)(O)F. The van der Waals surface area contributed by atoms with Crippen molar-refractivity contribution < 1.29 is 24.9 Å². The van der Waals surface area contributed by atoms with Crippen LogP contribution in [0.4, 0.5) is 13.5 Å². The molecule has 0 amide bonds. The first-order valence-electron chi connectivity index (χ1n) is 5.70. The maximum atomic E-state index is 12.1. The highest BCUT2D eigenvalue weighted by atomic mass is 32.3. The molecule has 2 aromatic rings. The topological polar surface area (TPSA) is 76.0 Å². The van der Waals surface area contributed by atoms with E-state index >= 15 is 0 Å². The van der Waals surface area contributed by atoms with Crippen LogP contribution in [0.1, 0.15) is 5.56 Å². The van der Waals surface area contributed by atoms with Crippen LogP contribution in [0.25, 0.3) is 0 Å². The van der Waals surface area contributed by atoms with Crippen molar-refractivity contribution in [2.45, 2.75) is 0 Å². The van der Waals surface area contributed by atoms with Gasteiger partial charge in [0.15, 0.2) is 0 Å². The molecule has 0 aliphatic heterocycles. The van der Waals surface area contributed by atoms with Gasteiger partial charge in [-0.25, -0.2) is 0 Å². The van der Waals surface area contributed by atoms with Gasteiger partial charge in [-0.2, -0.15) is 8.42 Å². The summed E-state index contributed by atoms with van der Waals surface area (Å²) < 4.78 is 50.9. The van der Waals surface area contributed by atoms with Gasteiger partial charge in [-0.3, -0.25) is 9.55 Å². The lowest BCUT2D eigenvalue weighted by atomic mass is 10.2. The highest BCUT2D eigenvalue weighted by Crippen LogP contribution is 2.21. The lowest BCUT2D eigenvalue weighted by Crippen LogP contribution is -1.86. The Kier molecular flexibility index (Phi) is 7.50. The minimum atomic E-state index is -5.17. The van der Waals surface area contributed by atoms with Crippen LogP contribution in [0.5, 0.6) is 5.75 Å². The first-order chi connectivity index (χ1) is 10.4. The van der Waals surface area contributed by atoms with Crippen molar-refractivity contribution in [1.82, 2.24) is 0 Å². The van der Waals surface area contributed by atoms with Crippen LogP contribution in [0.15, 0.2) is 59.6 Å². The molecule has 0 aromatic heterocycles.